The number of hydrogen-bond acceptors (Lipinski definition) is 6. The monoisotopic (exact) mass is 389 g/mol. The van der Waals surface area contributed by atoms with Crippen molar-refractivity contribution >= 4 is 22.5 Å². The van der Waals surface area contributed by atoms with Gasteiger partial charge in [-0.3, -0.25) is 0 Å². The van der Waals surface area contributed by atoms with E-state index >= 15 is 0 Å². The second-order valence-electron chi connectivity index (χ2n) is 8.03. The quantitative estimate of drug-likeness (QED) is 0.534. The molecule has 1 unspecified atom stereocenters. The van der Waals surface area contributed by atoms with E-state index in [1.807, 2.05) is 16.9 Å². The molecule has 4 aromatic rings. The largest absolute Gasteiger partial charge is 0.380 e. The maximum atomic E-state index is 5.55. The van der Waals surface area contributed by atoms with E-state index in [4.69, 9.17) is 4.74 Å². The van der Waals surface area contributed by atoms with Crippen LogP contribution in [0.25, 0.3) is 27.8 Å². The molecule has 29 heavy (non-hydrogen) atoms. The van der Waals surface area contributed by atoms with E-state index in [1.54, 1.807) is 13.4 Å². The third kappa shape index (κ3) is 2.62. The number of hydrogen-bond donors (Lipinski definition) is 0. The zero-order valence-electron chi connectivity index (χ0n) is 16.6. The Hall–Kier alpha value is -3.00. The summed E-state index contributed by atoms with van der Waals surface area (Å²) in [6.45, 7) is 3.85. The normalized spacial score (nSPS) is 19.7. The molecular formula is C21H23N7O. The topological polar surface area (TPSA) is 73.4 Å². The van der Waals surface area contributed by atoms with Gasteiger partial charge in [-0.1, -0.05) is 0 Å². The maximum absolute atomic E-state index is 5.55. The zero-order valence-corrected chi connectivity index (χ0v) is 16.6. The average Bonchev–Trinajstić information content (AvgIpc) is 3.17. The number of fused-ring (bicyclic) bond motifs is 2. The predicted octanol–water partition coefficient (Wildman–Crippen LogP) is 3.01. The summed E-state index contributed by atoms with van der Waals surface area (Å²) in [6, 6.07) is 4.89. The van der Waals surface area contributed by atoms with Gasteiger partial charge < -0.3 is 14.2 Å². The van der Waals surface area contributed by atoms with Gasteiger partial charge in [-0.25, -0.2) is 19.5 Å². The number of anilines is 1. The second kappa shape index (κ2) is 6.25. The Labute approximate surface area is 168 Å². The molecule has 8 nitrogen and oxygen atoms in total. The van der Waals surface area contributed by atoms with Gasteiger partial charge in [0.15, 0.2) is 11.5 Å². The van der Waals surface area contributed by atoms with Crippen molar-refractivity contribution in [3.05, 3.63) is 36.7 Å². The van der Waals surface area contributed by atoms with Crippen LogP contribution in [0.5, 0.6) is 0 Å². The summed E-state index contributed by atoms with van der Waals surface area (Å²) >= 11 is 0. The van der Waals surface area contributed by atoms with E-state index in [2.05, 4.69) is 48.6 Å². The summed E-state index contributed by atoms with van der Waals surface area (Å²) in [5, 5.41) is 4.43. The lowest BCUT2D eigenvalue weighted by molar-refractivity contribution is 0.121. The van der Waals surface area contributed by atoms with Gasteiger partial charge in [0.25, 0.3) is 0 Å². The van der Waals surface area contributed by atoms with Crippen LogP contribution in [0.4, 0.5) is 5.82 Å². The summed E-state index contributed by atoms with van der Waals surface area (Å²) in [5.74, 6) is 1.99. The van der Waals surface area contributed by atoms with Crippen LogP contribution >= 0.6 is 0 Å². The van der Waals surface area contributed by atoms with Crippen molar-refractivity contribution in [1.82, 2.24) is 29.1 Å². The van der Waals surface area contributed by atoms with Crippen LogP contribution in [0.3, 0.4) is 0 Å². The smallest absolute Gasteiger partial charge is 0.177 e. The molecule has 1 aliphatic carbocycles. The van der Waals surface area contributed by atoms with Crippen molar-refractivity contribution in [1.29, 1.82) is 0 Å². The molecule has 1 aliphatic heterocycles. The molecule has 0 bridgehead atoms. The van der Waals surface area contributed by atoms with Gasteiger partial charge in [-0.2, -0.15) is 5.10 Å². The Kier molecular flexibility index (Phi) is 3.64. The number of ether oxygens (including phenoxy) is 1. The van der Waals surface area contributed by atoms with Gasteiger partial charge in [0.2, 0.25) is 0 Å². The van der Waals surface area contributed by atoms with E-state index in [9.17, 15) is 0 Å². The highest BCUT2D eigenvalue weighted by molar-refractivity contribution is 5.91. The summed E-state index contributed by atoms with van der Waals surface area (Å²) in [5.41, 5.74) is 5.11. The fourth-order valence-corrected chi connectivity index (χ4v) is 4.55. The van der Waals surface area contributed by atoms with Crippen LogP contribution in [0.15, 0.2) is 30.9 Å². The van der Waals surface area contributed by atoms with E-state index in [1.165, 1.54) is 12.8 Å². The Morgan fingerprint density at radius 1 is 1.17 bits per heavy atom. The zero-order chi connectivity index (χ0) is 19.5. The molecule has 0 radical (unpaired) electrons. The van der Waals surface area contributed by atoms with Crippen LogP contribution in [-0.4, -0.2) is 55.4 Å². The lowest BCUT2D eigenvalue weighted by Gasteiger charge is -2.18. The number of pyridine rings is 1. The highest BCUT2D eigenvalue weighted by Crippen LogP contribution is 2.39. The fourth-order valence-electron chi connectivity index (χ4n) is 4.55. The van der Waals surface area contributed by atoms with E-state index in [0.29, 0.717) is 6.04 Å². The number of rotatable bonds is 4. The Morgan fingerprint density at radius 2 is 2.07 bits per heavy atom. The van der Waals surface area contributed by atoms with Gasteiger partial charge in [0.1, 0.15) is 17.7 Å². The Balaban J connectivity index is 1.50. The van der Waals surface area contributed by atoms with Gasteiger partial charge >= 0.3 is 0 Å². The minimum atomic E-state index is 0.248. The third-order valence-electron chi connectivity index (χ3n) is 6.16. The van der Waals surface area contributed by atoms with Crippen molar-refractivity contribution in [3.8, 4) is 11.1 Å². The van der Waals surface area contributed by atoms with E-state index in [-0.39, 0.29) is 6.10 Å². The average molecular weight is 389 g/mol. The SMILES string of the molecule is COC1CCN(c2ncnn3ccc(-c4cnc5nc(C)n(C6CC6)c5c4)c23)C1. The van der Waals surface area contributed by atoms with Crippen molar-refractivity contribution < 1.29 is 4.74 Å². The predicted molar refractivity (Wildman–Crippen MR) is 110 cm³/mol. The lowest BCUT2D eigenvalue weighted by atomic mass is 10.1. The minimum Gasteiger partial charge on any atom is -0.380 e. The van der Waals surface area contributed by atoms with Crippen molar-refractivity contribution in [2.75, 3.05) is 25.1 Å². The summed E-state index contributed by atoms with van der Waals surface area (Å²) in [6.07, 6.45) is 9.23. The third-order valence-corrected chi connectivity index (χ3v) is 6.16. The van der Waals surface area contributed by atoms with Crippen LogP contribution in [0.1, 0.15) is 31.1 Å². The molecule has 1 atom stereocenters. The molecule has 0 spiro atoms. The van der Waals surface area contributed by atoms with Crippen LogP contribution in [0.2, 0.25) is 0 Å². The summed E-state index contributed by atoms with van der Waals surface area (Å²) in [7, 11) is 1.78. The molecule has 4 aromatic heterocycles. The van der Waals surface area contributed by atoms with Crippen molar-refractivity contribution in [3.63, 3.8) is 0 Å². The molecule has 2 fully saturated rings. The minimum absolute atomic E-state index is 0.248. The fraction of sp³-hybridized carbons (Fsp3) is 0.429. The number of aryl methyl sites for hydroxylation is 1. The first-order chi connectivity index (χ1) is 14.2. The molecule has 148 valence electrons. The number of methoxy groups -OCH3 is 1. The molecule has 0 N–H and O–H groups in total. The van der Waals surface area contributed by atoms with Crippen LogP contribution < -0.4 is 4.90 Å². The molecule has 6 rings (SSSR count). The van der Waals surface area contributed by atoms with Crippen LogP contribution in [0, 0.1) is 6.92 Å². The molecule has 1 saturated carbocycles. The number of imidazole rings is 1. The molecule has 1 saturated heterocycles. The molecule has 2 aliphatic rings. The molecular weight excluding hydrogens is 366 g/mol. The highest BCUT2D eigenvalue weighted by Gasteiger charge is 2.28. The number of aromatic nitrogens is 6. The first-order valence-electron chi connectivity index (χ1n) is 10.2. The Bertz CT molecular complexity index is 1220. The standard InChI is InChI=1S/C21H23N7O/c1-13-25-20-18(28(13)15-3-4-15)9-14(10-22-20)17-6-8-27-19(17)21(23-12-24-27)26-7-5-16(11-26)29-2/h6,8-10,12,15-16H,3-5,7,11H2,1-2H3. The second-order valence-corrected chi connectivity index (χ2v) is 8.03. The van der Waals surface area contributed by atoms with Gasteiger partial charge in [0, 0.05) is 49.8 Å². The molecule has 5 heterocycles. The van der Waals surface area contributed by atoms with E-state index in [0.717, 1.165) is 59.0 Å². The van der Waals surface area contributed by atoms with Crippen molar-refractivity contribution in [2.24, 2.45) is 0 Å². The maximum Gasteiger partial charge on any atom is 0.177 e. The lowest BCUT2D eigenvalue weighted by Crippen LogP contribution is -2.24. The van der Waals surface area contributed by atoms with Gasteiger partial charge in [-0.15, -0.1) is 0 Å². The number of nitrogens with zero attached hydrogens (tertiary/aromatic N) is 7. The summed E-state index contributed by atoms with van der Waals surface area (Å²) < 4.78 is 9.80. The first kappa shape index (κ1) is 16.9. The Morgan fingerprint density at radius 3 is 2.86 bits per heavy atom. The van der Waals surface area contributed by atoms with Gasteiger partial charge in [0.05, 0.1) is 11.6 Å². The molecule has 0 aromatic carbocycles. The highest BCUT2D eigenvalue weighted by atomic mass is 16.5. The first-order valence-corrected chi connectivity index (χ1v) is 10.2. The molecule has 8 heteroatoms. The van der Waals surface area contributed by atoms with Gasteiger partial charge in [-0.05, 0) is 38.3 Å². The van der Waals surface area contributed by atoms with Crippen LogP contribution in [-0.2, 0) is 4.74 Å². The summed E-state index contributed by atoms with van der Waals surface area (Å²) in [4.78, 5) is 16.3. The van der Waals surface area contributed by atoms with E-state index < -0.39 is 0 Å². The van der Waals surface area contributed by atoms with Crippen molar-refractivity contribution in [2.45, 2.75) is 38.3 Å². The molecule has 0 amide bonds.